The standard InChI is InChI=1S/C10H2F20O2/c11-1(12,3(15,16)5(19,20)7(23,24)10(29,30)32)2(13,14)4(17,18)6(21,22)8(25,31)9(26,27)28/h31-32H. The van der Waals surface area contributed by atoms with Gasteiger partial charge in [-0.1, -0.05) is 0 Å². The molecular weight excluding hydrogens is 532 g/mol. The average Bonchev–Trinajstić information content (AvgIpc) is 2.51. The summed E-state index contributed by atoms with van der Waals surface area (Å²) in [6, 6.07) is 0. The molecule has 2 N–H and O–H groups in total. The van der Waals surface area contributed by atoms with Crippen LogP contribution in [0.3, 0.4) is 0 Å². The first-order valence-corrected chi connectivity index (χ1v) is 6.48. The van der Waals surface area contributed by atoms with Gasteiger partial charge in [0, 0.05) is 0 Å². The van der Waals surface area contributed by atoms with E-state index in [-0.39, 0.29) is 0 Å². The van der Waals surface area contributed by atoms with Crippen molar-refractivity contribution in [1.82, 2.24) is 0 Å². The van der Waals surface area contributed by atoms with E-state index in [1.165, 1.54) is 0 Å². The van der Waals surface area contributed by atoms with Gasteiger partial charge in [-0.15, -0.1) is 0 Å². The van der Waals surface area contributed by atoms with E-state index in [4.69, 9.17) is 10.2 Å². The molecule has 0 fully saturated rings. The Morgan fingerprint density at radius 2 is 0.469 bits per heavy atom. The van der Waals surface area contributed by atoms with Crippen LogP contribution in [0.2, 0.25) is 0 Å². The van der Waals surface area contributed by atoms with E-state index in [2.05, 4.69) is 0 Å². The molecule has 0 aromatic rings. The van der Waals surface area contributed by atoms with Crippen LogP contribution in [0.25, 0.3) is 0 Å². The van der Waals surface area contributed by atoms with Gasteiger partial charge in [0.2, 0.25) is 0 Å². The zero-order valence-corrected chi connectivity index (χ0v) is 13.5. The molecule has 2 nitrogen and oxygen atoms in total. The van der Waals surface area contributed by atoms with Crippen molar-refractivity contribution in [2.75, 3.05) is 0 Å². The maximum absolute atomic E-state index is 13.2. The second-order valence-corrected chi connectivity index (χ2v) is 5.68. The summed E-state index contributed by atoms with van der Waals surface area (Å²) >= 11 is 0. The molecule has 0 aliphatic rings. The van der Waals surface area contributed by atoms with E-state index >= 15 is 0 Å². The SMILES string of the molecule is OC(F)(F)C(F)(F)C(F)(F)C(F)(F)C(F)(F)C(F)(F)C(F)(F)C(F)(F)C(O)(F)C(F)(F)F. The molecule has 0 aliphatic heterocycles. The van der Waals surface area contributed by atoms with Crippen molar-refractivity contribution in [3.8, 4) is 0 Å². The lowest BCUT2D eigenvalue weighted by atomic mass is 9.87. The molecule has 0 amide bonds. The second kappa shape index (κ2) is 7.01. The summed E-state index contributed by atoms with van der Waals surface area (Å²) in [6.45, 7) is 0. The minimum atomic E-state index is -9.13. The Balaban J connectivity index is 7.00. The molecular formula is C10H2F20O2. The number of hydrogen-bond acceptors (Lipinski definition) is 2. The van der Waals surface area contributed by atoms with E-state index in [1.807, 2.05) is 0 Å². The van der Waals surface area contributed by atoms with Gasteiger partial charge < -0.3 is 10.2 Å². The van der Waals surface area contributed by atoms with Crippen LogP contribution in [-0.2, 0) is 0 Å². The summed E-state index contributed by atoms with van der Waals surface area (Å²) in [7, 11) is 0. The molecule has 0 saturated carbocycles. The molecule has 0 aromatic carbocycles. The highest BCUT2D eigenvalue weighted by Crippen LogP contribution is 2.65. The third-order valence-corrected chi connectivity index (χ3v) is 3.54. The largest absolute Gasteiger partial charge is 0.455 e. The fraction of sp³-hybridized carbons (Fsp3) is 1.00. The molecule has 1 atom stereocenters. The van der Waals surface area contributed by atoms with Gasteiger partial charge >= 0.3 is 59.6 Å². The molecule has 22 heteroatoms. The van der Waals surface area contributed by atoms with Crippen LogP contribution < -0.4 is 0 Å². The van der Waals surface area contributed by atoms with E-state index < -0.39 is 59.6 Å². The van der Waals surface area contributed by atoms with Crippen LogP contribution in [0.1, 0.15) is 0 Å². The van der Waals surface area contributed by atoms with Gasteiger partial charge in [0.1, 0.15) is 0 Å². The summed E-state index contributed by atoms with van der Waals surface area (Å²) in [5.74, 6) is -69.8. The maximum Gasteiger partial charge on any atom is 0.455 e. The number of hydrogen-bond donors (Lipinski definition) is 2. The minimum absolute atomic E-state index is 7.39. The maximum atomic E-state index is 13.2. The topological polar surface area (TPSA) is 40.5 Å². The zero-order chi connectivity index (χ0) is 27.0. The summed E-state index contributed by atoms with van der Waals surface area (Å²) in [5, 5.41) is 15.1. The predicted molar refractivity (Wildman–Crippen MR) is 53.9 cm³/mol. The van der Waals surface area contributed by atoms with Crippen molar-refractivity contribution in [1.29, 1.82) is 0 Å². The summed E-state index contributed by atoms with van der Waals surface area (Å²) in [4.78, 5) is 0. The quantitative estimate of drug-likeness (QED) is 0.419. The third-order valence-electron chi connectivity index (χ3n) is 3.54. The number of rotatable bonds is 8. The summed E-state index contributed by atoms with van der Waals surface area (Å²) in [5.41, 5.74) is 0. The van der Waals surface area contributed by atoms with Crippen LogP contribution in [-0.4, -0.2) is 69.8 Å². The van der Waals surface area contributed by atoms with Crippen molar-refractivity contribution in [3.05, 3.63) is 0 Å². The van der Waals surface area contributed by atoms with Crippen molar-refractivity contribution in [3.63, 3.8) is 0 Å². The van der Waals surface area contributed by atoms with Gasteiger partial charge in [-0.3, -0.25) is 0 Å². The van der Waals surface area contributed by atoms with Gasteiger partial charge in [0.25, 0.3) is 0 Å². The van der Waals surface area contributed by atoms with Crippen molar-refractivity contribution < 1.29 is 98.0 Å². The highest BCUT2D eigenvalue weighted by molar-refractivity contribution is 5.17. The molecule has 0 rings (SSSR count). The molecule has 0 saturated heterocycles. The first-order valence-electron chi connectivity index (χ1n) is 6.48. The van der Waals surface area contributed by atoms with E-state index in [0.717, 1.165) is 0 Å². The summed E-state index contributed by atoms with van der Waals surface area (Å²) in [6.07, 6.45) is -15.3. The monoisotopic (exact) mass is 534 g/mol. The predicted octanol–water partition coefficient (Wildman–Crippen LogP) is 5.24. The number of halogens is 20. The van der Waals surface area contributed by atoms with E-state index in [0.29, 0.717) is 0 Å². The fourth-order valence-electron chi connectivity index (χ4n) is 1.56. The van der Waals surface area contributed by atoms with Gasteiger partial charge in [-0.25, -0.2) is 0 Å². The zero-order valence-electron chi connectivity index (χ0n) is 13.5. The van der Waals surface area contributed by atoms with Gasteiger partial charge in [0.05, 0.1) is 0 Å². The lowest BCUT2D eigenvalue weighted by Crippen LogP contribution is -2.77. The molecule has 1 unspecified atom stereocenters. The Morgan fingerprint density at radius 1 is 0.281 bits per heavy atom. The molecule has 194 valence electrons. The smallest absolute Gasteiger partial charge is 0.350 e. The van der Waals surface area contributed by atoms with Gasteiger partial charge in [-0.2, -0.15) is 87.8 Å². The Morgan fingerprint density at radius 3 is 0.656 bits per heavy atom. The molecule has 0 bridgehead atoms. The Kier molecular flexibility index (Phi) is 6.69. The Hall–Kier alpha value is -1.48. The first-order chi connectivity index (χ1) is 13.2. The van der Waals surface area contributed by atoms with Crippen molar-refractivity contribution in [2.45, 2.75) is 59.6 Å². The summed E-state index contributed by atoms with van der Waals surface area (Å²) < 4.78 is 254. The van der Waals surface area contributed by atoms with Gasteiger partial charge in [-0.05, 0) is 0 Å². The lowest BCUT2D eigenvalue weighted by Gasteiger charge is -2.44. The van der Waals surface area contributed by atoms with Crippen LogP contribution in [0.4, 0.5) is 87.8 Å². The van der Waals surface area contributed by atoms with Crippen LogP contribution >= 0.6 is 0 Å². The van der Waals surface area contributed by atoms with E-state index in [1.54, 1.807) is 0 Å². The van der Waals surface area contributed by atoms with Crippen LogP contribution in [0.5, 0.6) is 0 Å². The van der Waals surface area contributed by atoms with E-state index in [9.17, 15) is 87.8 Å². The molecule has 0 aliphatic carbocycles. The van der Waals surface area contributed by atoms with Crippen LogP contribution in [0, 0.1) is 0 Å². The third kappa shape index (κ3) is 3.42. The molecule has 0 radical (unpaired) electrons. The Bertz CT molecular complexity index is 636. The molecule has 0 heterocycles. The minimum Gasteiger partial charge on any atom is -0.350 e. The fourth-order valence-corrected chi connectivity index (χ4v) is 1.56. The average molecular weight is 534 g/mol. The number of alkyl halides is 20. The Labute approximate surface area is 159 Å². The second-order valence-electron chi connectivity index (χ2n) is 5.68. The molecule has 0 aromatic heterocycles. The first kappa shape index (κ1) is 30.5. The van der Waals surface area contributed by atoms with Crippen LogP contribution in [0.15, 0.2) is 0 Å². The molecule has 32 heavy (non-hydrogen) atoms. The van der Waals surface area contributed by atoms with Crippen molar-refractivity contribution >= 4 is 0 Å². The highest BCUT2D eigenvalue weighted by Gasteiger charge is 2.97. The van der Waals surface area contributed by atoms with Crippen molar-refractivity contribution in [2.24, 2.45) is 0 Å². The van der Waals surface area contributed by atoms with Gasteiger partial charge in [0.15, 0.2) is 0 Å². The number of aliphatic hydroxyl groups is 2. The lowest BCUT2D eigenvalue weighted by molar-refractivity contribution is -0.488. The molecule has 0 spiro atoms. The highest BCUT2D eigenvalue weighted by atomic mass is 19.4. The normalized spacial score (nSPS) is 18.6.